The number of hydrogen-bond acceptors (Lipinski definition) is 1. The Morgan fingerprint density at radius 3 is 2.00 bits per heavy atom. The molecule has 0 radical (unpaired) electrons. The van der Waals surface area contributed by atoms with Gasteiger partial charge in [0.2, 0.25) is 0 Å². The largest absolute Gasteiger partial charge is 0.311 e. The van der Waals surface area contributed by atoms with Crippen molar-refractivity contribution in [2.45, 2.75) is 32.2 Å². The van der Waals surface area contributed by atoms with Crippen molar-refractivity contribution < 1.29 is 0 Å². The summed E-state index contributed by atoms with van der Waals surface area (Å²) in [5.41, 5.74) is 1.24. The second-order valence-corrected chi connectivity index (χ2v) is 4.08. The van der Waals surface area contributed by atoms with Gasteiger partial charge >= 0.3 is 0 Å². The molecule has 0 spiro atoms. The molecule has 2 aliphatic heterocycles. The molecule has 1 saturated carbocycles. The van der Waals surface area contributed by atoms with Gasteiger partial charge in [0.1, 0.15) is 0 Å². The van der Waals surface area contributed by atoms with Gasteiger partial charge in [0.25, 0.3) is 0 Å². The van der Waals surface area contributed by atoms with Crippen LogP contribution < -0.4 is 5.32 Å². The Morgan fingerprint density at radius 1 is 1.25 bits per heavy atom. The van der Waals surface area contributed by atoms with Crippen molar-refractivity contribution >= 4 is 0 Å². The van der Waals surface area contributed by atoms with Gasteiger partial charge in [-0.25, -0.2) is 0 Å². The molecule has 2 bridgehead atoms. The third kappa shape index (κ3) is 0.408. The van der Waals surface area contributed by atoms with Crippen LogP contribution in [0.4, 0.5) is 0 Å². The maximum atomic E-state index is 3.51. The van der Waals surface area contributed by atoms with Gasteiger partial charge in [-0.1, -0.05) is 6.92 Å². The molecule has 46 valence electrons. The first-order chi connectivity index (χ1) is 3.62. The predicted octanol–water partition coefficient (Wildman–Crippen LogP) is 1.15. The minimum atomic E-state index is 0.550. The number of rotatable bonds is 0. The van der Waals surface area contributed by atoms with Crippen LogP contribution >= 0.6 is 0 Å². The zero-order valence-corrected chi connectivity index (χ0v) is 5.62. The molecule has 2 saturated heterocycles. The second-order valence-electron chi connectivity index (χ2n) is 4.08. The van der Waals surface area contributed by atoms with Crippen LogP contribution in [0.25, 0.3) is 0 Å². The van der Waals surface area contributed by atoms with Crippen molar-refractivity contribution in [3.8, 4) is 0 Å². The van der Waals surface area contributed by atoms with Gasteiger partial charge in [0, 0.05) is 12.1 Å². The Morgan fingerprint density at radius 2 is 1.88 bits per heavy atom. The van der Waals surface area contributed by atoms with Crippen molar-refractivity contribution in [1.29, 1.82) is 0 Å². The van der Waals surface area contributed by atoms with E-state index in [2.05, 4.69) is 19.2 Å². The topological polar surface area (TPSA) is 12.0 Å². The van der Waals surface area contributed by atoms with E-state index in [4.69, 9.17) is 0 Å². The van der Waals surface area contributed by atoms with E-state index in [0.717, 1.165) is 0 Å². The average molecular weight is 111 g/mol. The van der Waals surface area contributed by atoms with Crippen molar-refractivity contribution in [2.75, 3.05) is 6.54 Å². The average Bonchev–Trinajstić information content (AvgIpc) is 1.88. The fraction of sp³-hybridized carbons (Fsp3) is 1.00. The van der Waals surface area contributed by atoms with Crippen LogP contribution in [0.2, 0.25) is 0 Å². The SMILES string of the molecule is CC12CNC(C)(C1)C2. The van der Waals surface area contributed by atoms with E-state index in [-0.39, 0.29) is 0 Å². The zero-order valence-electron chi connectivity index (χ0n) is 5.62. The lowest BCUT2D eigenvalue weighted by Gasteiger charge is -2.41. The summed E-state index contributed by atoms with van der Waals surface area (Å²) in [6, 6.07) is 0. The van der Waals surface area contributed by atoms with Gasteiger partial charge in [-0.3, -0.25) is 0 Å². The summed E-state index contributed by atoms with van der Waals surface area (Å²) < 4.78 is 0. The van der Waals surface area contributed by atoms with Crippen LogP contribution in [-0.2, 0) is 0 Å². The highest BCUT2D eigenvalue weighted by Crippen LogP contribution is 2.52. The van der Waals surface area contributed by atoms with Crippen LogP contribution in [0.3, 0.4) is 0 Å². The molecule has 3 fully saturated rings. The Bertz CT molecular complexity index is 108. The molecule has 0 atom stereocenters. The number of fused-ring (bicyclic) bond motifs is 1. The molecule has 0 aromatic rings. The molecule has 2 heterocycles. The van der Waals surface area contributed by atoms with Crippen LogP contribution in [0.15, 0.2) is 0 Å². The second kappa shape index (κ2) is 0.971. The molecule has 1 aliphatic carbocycles. The van der Waals surface area contributed by atoms with Crippen molar-refractivity contribution in [1.82, 2.24) is 5.32 Å². The predicted molar refractivity (Wildman–Crippen MR) is 33.7 cm³/mol. The van der Waals surface area contributed by atoms with E-state index in [1.165, 1.54) is 19.4 Å². The number of nitrogens with one attached hydrogen (secondary N) is 1. The smallest absolute Gasteiger partial charge is 0.0164 e. The van der Waals surface area contributed by atoms with E-state index in [0.29, 0.717) is 11.0 Å². The van der Waals surface area contributed by atoms with Crippen LogP contribution in [0.1, 0.15) is 26.7 Å². The molecule has 1 heteroatoms. The first-order valence-corrected chi connectivity index (χ1v) is 3.37. The lowest BCUT2D eigenvalue weighted by Crippen LogP contribution is -2.43. The number of hydrogen-bond donors (Lipinski definition) is 1. The molecule has 0 aromatic carbocycles. The molecule has 3 rings (SSSR count). The first kappa shape index (κ1) is 4.80. The maximum Gasteiger partial charge on any atom is 0.0164 e. The Balaban J connectivity index is 2.22. The minimum absolute atomic E-state index is 0.550. The highest BCUT2D eigenvalue weighted by Gasteiger charge is 2.54. The summed E-state index contributed by atoms with van der Waals surface area (Å²) in [5.74, 6) is 0. The quantitative estimate of drug-likeness (QED) is 0.494. The van der Waals surface area contributed by atoms with Gasteiger partial charge < -0.3 is 5.32 Å². The van der Waals surface area contributed by atoms with Crippen LogP contribution in [-0.4, -0.2) is 12.1 Å². The summed E-state index contributed by atoms with van der Waals surface area (Å²) in [5, 5.41) is 3.51. The first-order valence-electron chi connectivity index (χ1n) is 3.37. The van der Waals surface area contributed by atoms with Crippen molar-refractivity contribution in [3.05, 3.63) is 0 Å². The molecule has 1 nitrogen and oxygen atoms in total. The van der Waals surface area contributed by atoms with Crippen molar-refractivity contribution in [3.63, 3.8) is 0 Å². The van der Waals surface area contributed by atoms with Gasteiger partial charge in [-0.2, -0.15) is 0 Å². The summed E-state index contributed by atoms with van der Waals surface area (Å²) in [6.07, 6.45) is 2.81. The Labute approximate surface area is 50.5 Å². The summed E-state index contributed by atoms with van der Waals surface area (Å²) in [4.78, 5) is 0. The highest BCUT2D eigenvalue weighted by atomic mass is 15.1. The molecular weight excluding hydrogens is 98.1 g/mol. The summed E-state index contributed by atoms with van der Waals surface area (Å²) in [6.45, 7) is 5.94. The monoisotopic (exact) mass is 111 g/mol. The Kier molecular flexibility index (Phi) is 0.583. The third-order valence-electron chi connectivity index (χ3n) is 2.58. The van der Waals surface area contributed by atoms with E-state index in [1.807, 2.05) is 0 Å². The van der Waals surface area contributed by atoms with E-state index in [9.17, 15) is 0 Å². The fourth-order valence-electron chi connectivity index (χ4n) is 2.51. The molecule has 3 aliphatic rings. The van der Waals surface area contributed by atoms with Gasteiger partial charge in [0.05, 0.1) is 0 Å². The Hall–Kier alpha value is -0.0400. The van der Waals surface area contributed by atoms with Gasteiger partial charge in [0.15, 0.2) is 0 Å². The van der Waals surface area contributed by atoms with Crippen LogP contribution in [0.5, 0.6) is 0 Å². The highest BCUT2D eigenvalue weighted by molar-refractivity contribution is 5.12. The van der Waals surface area contributed by atoms with E-state index < -0.39 is 0 Å². The lowest BCUT2D eigenvalue weighted by molar-refractivity contribution is 0.149. The fourth-order valence-corrected chi connectivity index (χ4v) is 2.51. The van der Waals surface area contributed by atoms with Gasteiger partial charge in [-0.15, -0.1) is 0 Å². The molecule has 8 heavy (non-hydrogen) atoms. The molecular formula is C7H13N. The molecule has 0 aromatic heterocycles. The van der Waals surface area contributed by atoms with E-state index >= 15 is 0 Å². The summed E-state index contributed by atoms with van der Waals surface area (Å²) >= 11 is 0. The molecule has 1 N–H and O–H groups in total. The normalized spacial score (nSPS) is 60.8. The lowest BCUT2D eigenvalue weighted by atomic mass is 9.64. The zero-order chi connectivity index (χ0) is 5.83. The standard InChI is InChI=1S/C7H13N/c1-6-3-7(2,4-6)8-5-6/h8H,3-5H2,1-2H3. The van der Waals surface area contributed by atoms with E-state index in [1.54, 1.807) is 0 Å². The van der Waals surface area contributed by atoms with Crippen LogP contribution in [0, 0.1) is 5.41 Å². The molecule has 0 amide bonds. The summed E-state index contributed by atoms with van der Waals surface area (Å²) in [7, 11) is 0. The molecule has 0 unspecified atom stereocenters. The maximum absolute atomic E-state index is 3.51. The van der Waals surface area contributed by atoms with Gasteiger partial charge in [-0.05, 0) is 25.2 Å². The van der Waals surface area contributed by atoms with Crippen molar-refractivity contribution in [2.24, 2.45) is 5.41 Å². The minimum Gasteiger partial charge on any atom is -0.311 e. The third-order valence-corrected chi connectivity index (χ3v) is 2.58.